The molecular weight excluding hydrogens is 354 g/mol. The van der Waals surface area contributed by atoms with E-state index in [1.807, 2.05) is 0 Å². The fourth-order valence-corrected chi connectivity index (χ4v) is 3.36. The number of aliphatic hydroxyl groups is 1. The number of rotatable bonds is 5. The maximum absolute atomic E-state index is 12.3. The molecule has 1 aliphatic rings. The molecule has 24 heavy (non-hydrogen) atoms. The Kier molecular flexibility index (Phi) is 5.71. The van der Waals surface area contributed by atoms with E-state index in [2.05, 4.69) is 4.74 Å². The molecule has 9 heteroatoms. The first kappa shape index (κ1) is 18.1. The summed E-state index contributed by atoms with van der Waals surface area (Å²) in [5.74, 6) is -2.39. The summed E-state index contributed by atoms with van der Waals surface area (Å²) in [5.41, 5.74) is 1.01. The molecule has 0 saturated carbocycles. The lowest BCUT2D eigenvalue weighted by Gasteiger charge is -2.20. The first-order valence-electron chi connectivity index (χ1n) is 6.68. The number of amides is 1. The van der Waals surface area contributed by atoms with Crippen molar-refractivity contribution in [1.29, 1.82) is 0 Å². The molecule has 1 heterocycles. The van der Waals surface area contributed by atoms with Crippen LogP contribution in [-0.2, 0) is 14.3 Å². The van der Waals surface area contributed by atoms with Crippen molar-refractivity contribution in [2.24, 2.45) is 0 Å². The predicted octanol–water partition coefficient (Wildman–Crippen LogP) is 1.12. The number of methoxy groups -OCH3 is 1. The van der Waals surface area contributed by atoms with Gasteiger partial charge >= 0.3 is 11.9 Å². The molecule has 1 saturated heterocycles. The molecule has 0 aliphatic carbocycles. The number of benzene rings is 1. The average Bonchev–Trinajstić information content (AvgIpc) is 2.83. The Labute approximate surface area is 146 Å². The van der Waals surface area contributed by atoms with Gasteiger partial charge in [-0.1, -0.05) is 36.1 Å². The van der Waals surface area contributed by atoms with Gasteiger partial charge in [-0.25, -0.2) is 9.59 Å². The standard InChI is InChI=1S/C15H13NO6S2/c1-22-14(21)9-4-2-8(3-5-9)6-11-12(18)16(15(23)24-11)10(7-17)13(19)20/h2-6,10,17H,7H2,1H3,(H,19,20)/b11-6-/t10-/m1/s1. The fourth-order valence-electron chi connectivity index (χ4n) is 2.00. The monoisotopic (exact) mass is 367 g/mol. The number of thioether (sulfide) groups is 1. The topological polar surface area (TPSA) is 104 Å². The van der Waals surface area contributed by atoms with Crippen LogP contribution in [0.3, 0.4) is 0 Å². The number of hydrogen-bond donors (Lipinski definition) is 2. The second-order valence-electron chi connectivity index (χ2n) is 4.70. The highest BCUT2D eigenvalue weighted by atomic mass is 32.2. The molecule has 0 radical (unpaired) electrons. The third-order valence-corrected chi connectivity index (χ3v) is 4.55. The van der Waals surface area contributed by atoms with Gasteiger partial charge in [0.05, 0.1) is 24.2 Å². The Balaban J connectivity index is 2.25. The molecule has 0 aromatic heterocycles. The van der Waals surface area contributed by atoms with Crippen LogP contribution in [0, 0.1) is 0 Å². The lowest BCUT2D eigenvalue weighted by atomic mass is 10.1. The summed E-state index contributed by atoms with van der Waals surface area (Å²) in [7, 11) is 1.28. The van der Waals surface area contributed by atoms with Crippen LogP contribution >= 0.6 is 24.0 Å². The van der Waals surface area contributed by atoms with E-state index < -0.39 is 30.5 Å². The van der Waals surface area contributed by atoms with Gasteiger partial charge in [0, 0.05) is 0 Å². The van der Waals surface area contributed by atoms with Crippen molar-refractivity contribution < 1.29 is 29.3 Å². The van der Waals surface area contributed by atoms with E-state index in [9.17, 15) is 14.4 Å². The predicted molar refractivity (Wildman–Crippen MR) is 91.3 cm³/mol. The zero-order valence-corrected chi connectivity index (χ0v) is 14.1. The highest BCUT2D eigenvalue weighted by Crippen LogP contribution is 2.34. The summed E-state index contributed by atoms with van der Waals surface area (Å²) in [5, 5.41) is 18.2. The van der Waals surface area contributed by atoms with Crippen molar-refractivity contribution in [3.63, 3.8) is 0 Å². The van der Waals surface area contributed by atoms with Crippen LogP contribution in [-0.4, -0.2) is 57.0 Å². The highest BCUT2D eigenvalue weighted by Gasteiger charge is 2.40. The summed E-state index contributed by atoms with van der Waals surface area (Å²) in [4.78, 5) is 36.0. The van der Waals surface area contributed by atoms with Crippen molar-refractivity contribution in [3.05, 3.63) is 40.3 Å². The number of thiocarbonyl (C=S) groups is 1. The number of esters is 1. The Morgan fingerprint density at radius 2 is 2.00 bits per heavy atom. The zero-order chi connectivity index (χ0) is 17.9. The van der Waals surface area contributed by atoms with Gasteiger partial charge < -0.3 is 14.9 Å². The van der Waals surface area contributed by atoms with Crippen LogP contribution in [0.25, 0.3) is 6.08 Å². The normalized spacial score (nSPS) is 17.2. The molecule has 1 fully saturated rings. The molecular formula is C15H13NO6S2. The van der Waals surface area contributed by atoms with E-state index in [1.54, 1.807) is 24.3 Å². The molecule has 1 amide bonds. The Morgan fingerprint density at radius 3 is 2.50 bits per heavy atom. The van der Waals surface area contributed by atoms with Crippen molar-refractivity contribution in [2.45, 2.75) is 6.04 Å². The van der Waals surface area contributed by atoms with Gasteiger partial charge in [0.2, 0.25) is 0 Å². The molecule has 0 bridgehead atoms. The third kappa shape index (κ3) is 3.64. The Bertz CT molecular complexity index is 728. The summed E-state index contributed by atoms with van der Waals surface area (Å²) in [6, 6.07) is 4.93. The van der Waals surface area contributed by atoms with E-state index in [0.29, 0.717) is 11.1 Å². The van der Waals surface area contributed by atoms with E-state index in [-0.39, 0.29) is 9.23 Å². The lowest BCUT2D eigenvalue weighted by molar-refractivity contribution is -0.146. The lowest BCUT2D eigenvalue weighted by Crippen LogP contribution is -2.46. The molecule has 7 nitrogen and oxygen atoms in total. The molecule has 2 N–H and O–H groups in total. The number of aliphatic carboxylic acids is 1. The van der Waals surface area contributed by atoms with Crippen LogP contribution in [0.1, 0.15) is 15.9 Å². The van der Waals surface area contributed by atoms with Crippen molar-refractivity contribution in [1.82, 2.24) is 4.90 Å². The smallest absolute Gasteiger partial charge is 0.337 e. The van der Waals surface area contributed by atoms with Crippen LogP contribution in [0.15, 0.2) is 29.2 Å². The van der Waals surface area contributed by atoms with E-state index in [0.717, 1.165) is 16.7 Å². The number of nitrogens with zero attached hydrogens (tertiary/aromatic N) is 1. The maximum Gasteiger partial charge on any atom is 0.337 e. The second-order valence-corrected chi connectivity index (χ2v) is 6.38. The SMILES string of the molecule is COC(=O)c1ccc(/C=C2\SC(=S)N([C@H](CO)C(=O)O)C2=O)cc1. The summed E-state index contributed by atoms with van der Waals surface area (Å²) in [6.45, 7) is -0.733. The first-order chi connectivity index (χ1) is 11.4. The van der Waals surface area contributed by atoms with Crippen molar-refractivity contribution >= 4 is 52.2 Å². The molecule has 1 aromatic carbocycles. The second kappa shape index (κ2) is 7.56. The van der Waals surface area contributed by atoms with Gasteiger partial charge in [-0.15, -0.1) is 0 Å². The Hall–Kier alpha value is -2.23. The number of hydrogen-bond acceptors (Lipinski definition) is 7. The van der Waals surface area contributed by atoms with Gasteiger partial charge in [-0.3, -0.25) is 9.69 Å². The van der Waals surface area contributed by atoms with Crippen LogP contribution < -0.4 is 0 Å². The summed E-state index contributed by atoms with van der Waals surface area (Å²) >= 11 is 5.99. The maximum atomic E-state index is 12.3. The zero-order valence-electron chi connectivity index (χ0n) is 12.5. The van der Waals surface area contributed by atoms with Crippen molar-refractivity contribution in [2.75, 3.05) is 13.7 Å². The van der Waals surface area contributed by atoms with Gasteiger partial charge in [0.15, 0.2) is 6.04 Å². The average molecular weight is 367 g/mol. The van der Waals surface area contributed by atoms with Crippen molar-refractivity contribution in [3.8, 4) is 0 Å². The minimum Gasteiger partial charge on any atom is -0.480 e. The van der Waals surface area contributed by atoms with Crippen LogP contribution in [0.4, 0.5) is 0 Å². The summed E-state index contributed by atoms with van der Waals surface area (Å²) in [6.07, 6.45) is 1.54. The number of carboxylic acid groups (broad SMARTS) is 1. The Morgan fingerprint density at radius 1 is 1.38 bits per heavy atom. The minimum atomic E-state index is -1.41. The fraction of sp³-hybridized carbons (Fsp3) is 0.200. The van der Waals surface area contributed by atoms with E-state index >= 15 is 0 Å². The summed E-state index contributed by atoms with van der Waals surface area (Å²) < 4.78 is 4.67. The molecule has 1 aromatic rings. The number of carbonyl (C=O) groups is 3. The van der Waals surface area contributed by atoms with Gasteiger partial charge in [0.1, 0.15) is 4.32 Å². The molecule has 0 unspecified atom stereocenters. The van der Waals surface area contributed by atoms with E-state index in [4.69, 9.17) is 22.4 Å². The largest absolute Gasteiger partial charge is 0.480 e. The van der Waals surface area contributed by atoms with Crippen LogP contribution in [0.2, 0.25) is 0 Å². The first-order valence-corrected chi connectivity index (χ1v) is 7.90. The molecule has 0 spiro atoms. The van der Waals surface area contributed by atoms with Gasteiger partial charge in [-0.05, 0) is 23.8 Å². The number of carbonyl (C=O) groups excluding carboxylic acids is 2. The molecule has 1 aliphatic heterocycles. The third-order valence-electron chi connectivity index (χ3n) is 3.22. The number of ether oxygens (including phenoxy) is 1. The molecule has 2 rings (SSSR count). The van der Waals surface area contributed by atoms with Crippen LogP contribution in [0.5, 0.6) is 0 Å². The number of aliphatic hydroxyl groups excluding tert-OH is 1. The number of carboxylic acids is 1. The molecule has 1 atom stereocenters. The highest BCUT2D eigenvalue weighted by molar-refractivity contribution is 8.26. The van der Waals surface area contributed by atoms with Gasteiger partial charge in [-0.2, -0.15) is 0 Å². The van der Waals surface area contributed by atoms with E-state index in [1.165, 1.54) is 13.2 Å². The quantitative estimate of drug-likeness (QED) is 0.453. The minimum absolute atomic E-state index is 0.0684. The van der Waals surface area contributed by atoms with Gasteiger partial charge in [0.25, 0.3) is 5.91 Å². The molecule has 126 valence electrons.